The monoisotopic (exact) mass is 233 g/mol. The van der Waals surface area contributed by atoms with Gasteiger partial charge in [-0.1, -0.05) is 12.1 Å². The fourth-order valence-electron chi connectivity index (χ4n) is 1.75. The van der Waals surface area contributed by atoms with E-state index in [1.807, 2.05) is 6.07 Å². The van der Waals surface area contributed by atoms with Crippen LogP contribution in [0.2, 0.25) is 0 Å². The number of rotatable bonds is 5. The van der Waals surface area contributed by atoms with Crippen LogP contribution in [0.3, 0.4) is 0 Å². The first-order valence-corrected chi connectivity index (χ1v) is 5.48. The first-order chi connectivity index (χ1) is 8.26. The highest BCUT2D eigenvalue weighted by molar-refractivity contribution is 5.99. The van der Waals surface area contributed by atoms with Crippen molar-refractivity contribution in [3.05, 3.63) is 35.6 Å². The zero-order valence-electron chi connectivity index (χ0n) is 9.73. The van der Waals surface area contributed by atoms with Crippen molar-refractivity contribution in [2.24, 2.45) is 5.73 Å². The van der Waals surface area contributed by atoms with Gasteiger partial charge in [0.05, 0.1) is 12.9 Å². The molecule has 0 bridgehead atoms. The van der Waals surface area contributed by atoms with Crippen molar-refractivity contribution in [3.8, 4) is 0 Å². The fraction of sp³-hybridized carbons (Fsp3) is 0.308. The molecule has 0 aliphatic heterocycles. The van der Waals surface area contributed by atoms with E-state index in [4.69, 9.17) is 14.9 Å². The quantitative estimate of drug-likeness (QED) is 0.803. The van der Waals surface area contributed by atoms with Crippen LogP contribution in [0.4, 0.5) is 0 Å². The second-order valence-corrected chi connectivity index (χ2v) is 3.84. The summed E-state index contributed by atoms with van der Waals surface area (Å²) in [7, 11) is 1.58. The lowest BCUT2D eigenvalue weighted by Gasteiger charge is -2.00. The van der Waals surface area contributed by atoms with Crippen LogP contribution >= 0.6 is 0 Å². The number of furan rings is 1. The lowest BCUT2D eigenvalue weighted by molar-refractivity contribution is 0.0932. The van der Waals surface area contributed by atoms with Crippen molar-refractivity contribution < 1.29 is 13.9 Å². The maximum Gasteiger partial charge on any atom is 0.165 e. The Labute approximate surface area is 99.3 Å². The lowest BCUT2D eigenvalue weighted by Crippen LogP contribution is -2.03. The summed E-state index contributed by atoms with van der Waals surface area (Å²) in [5, 5.41) is 0.968. The van der Waals surface area contributed by atoms with Crippen LogP contribution in [0.15, 0.2) is 28.9 Å². The highest BCUT2D eigenvalue weighted by atomic mass is 16.5. The second kappa shape index (κ2) is 5.12. The molecule has 17 heavy (non-hydrogen) atoms. The molecule has 2 N–H and O–H groups in total. The van der Waals surface area contributed by atoms with E-state index in [-0.39, 0.29) is 5.78 Å². The molecule has 0 spiro atoms. The van der Waals surface area contributed by atoms with Gasteiger partial charge < -0.3 is 14.9 Å². The maximum absolute atomic E-state index is 11.8. The molecule has 0 saturated heterocycles. The summed E-state index contributed by atoms with van der Waals surface area (Å²) in [4.78, 5) is 11.8. The molecule has 0 unspecified atom stereocenters. The minimum atomic E-state index is 0.0550. The summed E-state index contributed by atoms with van der Waals surface area (Å²) in [6.45, 7) is 0.868. The summed E-state index contributed by atoms with van der Waals surface area (Å²) in [5.74, 6) is 0.0550. The molecule has 0 amide bonds. The Balaban J connectivity index is 2.29. The molecule has 4 nitrogen and oxygen atoms in total. The number of fused-ring (bicyclic) bond motifs is 1. The SMILES string of the molecule is COCCC(=O)c1ccc2c(CN)coc2c1. The molecule has 1 heterocycles. The maximum atomic E-state index is 11.8. The summed E-state index contributed by atoms with van der Waals surface area (Å²) in [6.07, 6.45) is 2.01. The molecular formula is C13H15NO3. The molecule has 2 rings (SSSR count). The molecule has 1 aromatic carbocycles. The topological polar surface area (TPSA) is 65.5 Å². The van der Waals surface area contributed by atoms with Crippen LogP contribution in [-0.4, -0.2) is 19.5 Å². The van der Waals surface area contributed by atoms with Gasteiger partial charge in [0.25, 0.3) is 0 Å². The molecule has 0 fully saturated rings. The normalized spacial score (nSPS) is 10.9. The van der Waals surface area contributed by atoms with Crippen LogP contribution in [-0.2, 0) is 11.3 Å². The number of methoxy groups -OCH3 is 1. The van der Waals surface area contributed by atoms with E-state index in [9.17, 15) is 4.79 Å². The molecule has 0 aliphatic rings. The third-order valence-electron chi connectivity index (χ3n) is 2.73. The zero-order valence-corrected chi connectivity index (χ0v) is 9.73. The molecule has 0 radical (unpaired) electrons. The van der Waals surface area contributed by atoms with Crippen molar-refractivity contribution in [1.29, 1.82) is 0 Å². The predicted molar refractivity (Wildman–Crippen MR) is 64.9 cm³/mol. The van der Waals surface area contributed by atoms with Crippen LogP contribution < -0.4 is 5.73 Å². The van der Waals surface area contributed by atoms with Gasteiger partial charge in [-0.2, -0.15) is 0 Å². The molecular weight excluding hydrogens is 218 g/mol. The summed E-state index contributed by atoms with van der Waals surface area (Å²) < 4.78 is 10.3. The van der Waals surface area contributed by atoms with Crippen molar-refractivity contribution in [3.63, 3.8) is 0 Å². The number of carbonyl (C=O) groups excluding carboxylic acids is 1. The molecule has 1 aromatic heterocycles. The lowest BCUT2D eigenvalue weighted by atomic mass is 10.1. The summed E-state index contributed by atoms with van der Waals surface area (Å²) >= 11 is 0. The number of hydrogen-bond donors (Lipinski definition) is 1. The average molecular weight is 233 g/mol. The van der Waals surface area contributed by atoms with Gasteiger partial charge in [0.15, 0.2) is 5.78 Å². The Kier molecular flexibility index (Phi) is 3.56. The average Bonchev–Trinajstić information content (AvgIpc) is 2.77. The van der Waals surface area contributed by atoms with Gasteiger partial charge in [-0.25, -0.2) is 0 Å². The number of ketones is 1. The van der Waals surface area contributed by atoms with Gasteiger partial charge in [-0.05, 0) is 6.07 Å². The highest BCUT2D eigenvalue weighted by Gasteiger charge is 2.09. The number of ether oxygens (including phenoxy) is 1. The van der Waals surface area contributed by atoms with Crippen molar-refractivity contribution in [2.45, 2.75) is 13.0 Å². The second-order valence-electron chi connectivity index (χ2n) is 3.84. The Bertz CT molecular complexity index is 530. The number of hydrogen-bond acceptors (Lipinski definition) is 4. The van der Waals surface area contributed by atoms with Gasteiger partial charge in [-0.15, -0.1) is 0 Å². The van der Waals surface area contributed by atoms with Gasteiger partial charge in [0.1, 0.15) is 5.58 Å². The van der Waals surface area contributed by atoms with Crippen molar-refractivity contribution in [2.75, 3.05) is 13.7 Å². The standard InChI is InChI=1S/C13H15NO3/c1-16-5-4-12(15)9-2-3-11-10(7-14)8-17-13(11)6-9/h2-3,6,8H,4-5,7,14H2,1H3. The van der Waals surface area contributed by atoms with E-state index in [2.05, 4.69) is 0 Å². The number of nitrogens with two attached hydrogens (primary N) is 1. The van der Waals surface area contributed by atoms with E-state index in [1.165, 1.54) is 0 Å². The number of Topliss-reactive ketones (excluding diaryl/α,β-unsaturated/α-hetero) is 1. The summed E-state index contributed by atoms with van der Waals surface area (Å²) in [6, 6.07) is 5.43. The summed E-state index contributed by atoms with van der Waals surface area (Å²) in [5.41, 5.74) is 7.88. The first-order valence-electron chi connectivity index (χ1n) is 5.48. The van der Waals surface area contributed by atoms with Gasteiger partial charge in [0.2, 0.25) is 0 Å². The molecule has 0 atom stereocenters. The van der Waals surface area contributed by atoms with Crippen LogP contribution in [0.5, 0.6) is 0 Å². The number of carbonyl (C=O) groups is 1. The molecule has 0 aliphatic carbocycles. The smallest absolute Gasteiger partial charge is 0.165 e. The fourth-order valence-corrected chi connectivity index (χ4v) is 1.75. The third-order valence-corrected chi connectivity index (χ3v) is 2.73. The highest BCUT2D eigenvalue weighted by Crippen LogP contribution is 2.22. The Morgan fingerprint density at radius 1 is 1.47 bits per heavy atom. The predicted octanol–water partition coefficient (Wildman–Crippen LogP) is 2.11. The minimum Gasteiger partial charge on any atom is -0.464 e. The van der Waals surface area contributed by atoms with E-state index >= 15 is 0 Å². The van der Waals surface area contributed by atoms with Crippen LogP contribution in [0.1, 0.15) is 22.3 Å². The van der Waals surface area contributed by atoms with Gasteiger partial charge >= 0.3 is 0 Å². The first kappa shape index (κ1) is 11.8. The van der Waals surface area contributed by atoms with E-state index in [0.29, 0.717) is 30.7 Å². The third kappa shape index (κ3) is 2.38. The Hall–Kier alpha value is -1.65. The van der Waals surface area contributed by atoms with Crippen molar-refractivity contribution in [1.82, 2.24) is 0 Å². The van der Waals surface area contributed by atoms with E-state index < -0.39 is 0 Å². The zero-order chi connectivity index (χ0) is 12.3. The minimum absolute atomic E-state index is 0.0550. The Morgan fingerprint density at radius 3 is 3.00 bits per heavy atom. The Morgan fingerprint density at radius 2 is 2.29 bits per heavy atom. The molecule has 90 valence electrons. The van der Waals surface area contributed by atoms with E-state index in [0.717, 1.165) is 10.9 Å². The van der Waals surface area contributed by atoms with Gasteiger partial charge in [0, 0.05) is 36.6 Å². The van der Waals surface area contributed by atoms with Crippen LogP contribution in [0, 0.1) is 0 Å². The van der Waals surface area contributed by atoms with Crippen LogP contribution in [0.25, 0.3) is 11.0 Å². The van der Waals surface area contributed by atoms with E-state index in [1.54, 1.807) is 25.5 Å². The molecule has 4 heteroatoms. The molecule has 0 saturated carbocycles. The van der Waals surface area contributed by atoms with Crippen molar-refractivity contribution >= 4 is 16.8 Å². The number of benzene rings is 1. The molecule has 2 aromatic rings. The largest absolute Gasteiger partial charge is 0.464 e. The van der Waals surface area contributed by atoms with Gasteiger partial charge in [-0.3, -0.25) is 4.79 Å².